The van der Waals surface area contributed by atoms with Crippen LogP contribution in [0.25, 0.3) is 10.9 Å². The minimum Gasteiger partial charge on any atom is -0.383 e. The van der Waals surface area contributed by atoms with Gasteiger partial charge in [-0.15, -0.1) is 0 Å². The zero-order chi connectivity index (χ0) is 15.5. The second-order valence-corrected chi connectivity index (χ2v) is 5.17. The van der Waals surface area contributed by atoms with Crippen LogP contribution >= 0.6 is 0 Å². The summed E-state index contributed by atoms with van der Waals surface area (Å²) in [6.45, 7) is 3.09. The van der Waals surface area contributed by atoms with Crippen molar-refractivity contribution >= 4 is 16.7 Å². The molecule has 2 heterocycles. The standard InChI is InChI=1S/C15H18N6O/c1-3-12-18-14(22-20-12)9-21(2)8-13-17-11-7-5-4-6-10(11)15(16)19-13/h4-7H,3,8-9H2,1-2H3,(H2,16,17,19). The minimum atomic E-state index is 0.500. The number of anilines is 1. The van der Waals surface area contributed by atoms with Gasteiger partial charge < -0.3 is 10.3 Å². The highest BCUT2D eigenvalue weighted by molar-refractivity contribution is 5.87. The molecular formula is C15H18N6O. The van der Waals surface area contributed by atoms with Crippen molar-refractivity contribution in [3.63, 3.8) is 0 Å². The summed E-state index contributed by atoms with van der Waals surface area (Å²) in [6, 6.07) is 7.72. The Morgan fingerprint density at radius 3 is 2.68 bits per heavy atom. The van der Waals surface area contributed by atoms with Crippen LogP contribution < -0.4 is 5.73 Å². The summed E-state index contributed by atoms with van der Waals surface area (Å²) >= 11 is 0. The van der Waals surface area contributed by atoms with Gasteiger partial charge in [0.1, 0.15) is 11.6 Å². The first-order valence-corrected chi connectivity index (χ1v) is 7.17. The van der Waals surface area contributed by atoms with E-state index >= 15 is 0 Å². The molecule has 7 nitrogen and oxygen atoms in total. The van der Waals surface area contributed by atoms with Gasteiger partial charge >= 0.3 is 0 Å². The molecule has 1 aromatic carbocycles. The second-order valence-electron chi connectivity index (χ2n) is 5.17. The normalized spacial score (nSPS) is 11.4. The van der Waals surface area contributed by atoms with E-state index in [4.69, 9.17) is 10.3 Å². The minimum absolute atomic E-state index is 0.500. The van der Waals surface area contributed by atoms with Gasteiger partial charge in [-0.05, 0) is 19.2 Å². The lowest BCUT2D eigenvalue weighted by molar-refractivity contribution is 0.256. The number of hydrogen-bond donors (Lipinski definition) is 1. The van der Waals surface area contributed by atoms with Crippen LogP contribution in [-0.4, -0.2) is 32.1 Å². The lowest BCUT2D eigenvalue weighted by Gasteiger charge is -2.13. The lowest BCUT2D eigenvalue weighted by atomic mass is 10.2. The number of nitrogens with two attached hydrogens (primary N) is 1. The number of hydrogen-bond acceptors (Lipinski definition) is 7. The monoisotopic (exact) mass is 298 g/mol. The molecule has 0 unspecified atom stereocenters. The Kier molecular flexibility index (Phi) is 3.97. The molecule has 2 N–H and O–H groups in total. The Morgan fingerprint density at radius 2 is 1.91 bits per heavy atom. The number of rotatable bonds is 5. The molecule has 22 heavy (non-hydrogen) atoms. The first-order valence-electron chi connectivity index (χ1n) is 7.17. The number of nitrogen functional groups attached to an aromatic ring is 1. The van der Waals surface area contributed by atoms with E-state index in [-0.39, 0.29) is 0 Å². The fraction of sp³-hybridized carbons (Fsp3) is 0.333. The molecule has 0 aliphatic heterocycles. The molecule has 0 radical (unpaired) electrons. The molecule has 0 aliphatic carbocycles. The number of nitrogens with zero attached hydrogens (tertiary/aromatic N) is 5. The van der Waals surface area contributed by atoms with Crippen LogP contribution in [0, 0.1) is 0 Å². The molecule has 2 aromatic heterocycles. The van der Waals surface area contributed by atoms with Crippen molar-refractivity contribution in [1.29, 1.82) is 0 Å². The zero-order valence-electron chi connectivity index (χ0n) is 12.7. The van der Waals surface area contributed by atoms with Crippen LogP contribution in [0.15, 0.2) is 28.8 Å². The Morgan fingerprint density at radius 1 is 1.09 bits per heavy atom. The van der Waals surface area contributed by atoms with Gasteiger partial charge in [-0.3, -0.25) is 4.90 Å². The topological polar surface area (TPSA) is 94.0 Å². The van der Waals surface area contributed by atoms with E-state index in [1.807, 2.05) is 43.1 Å². The summed E-state index contributed by atoms with van der Waals surface area (Å²) in [5.41, 5.74) is 6.85. The first kappa shape index (κ1) is 14.4. The third kappa shape index (κ3) is 3.04. The van der Waals surface area contributed by atoms with Crippen molar-refractivity contribution in [3.05, 3.63) is 41.8 Å². The second kappa shape index (κ2) is 6.07. The van der Waals surface area contributed by atoms with Crippen molar-refractivity contribution in [2.75, 3.05) is 12.8 Å². The summed E-state index contributed by atoms with van der Waals surface area (Å²) in [5.74, 6) is 2.48. The zero-order valence-corrected chi connectivity index (χ0v) is 12.7. The third-order valence-electron chi connectivity index (χ3n) is 3.32. The molecule has 0 aliphatic rings. The van der Waals surface area contributed by atoms with Crippen molar-refractivity contribution in [2.24, 2.45) is 0 Å². The van der Waals surface area contributed by atoms with Crippen molar-refractivity contribution in [1.82, 2.24) is 25.0 Å². The van der Waals surface area contributed by atoms with E-state index in [0.717, 1.165) is 23.1 Å². The highest BCUT2D eigenvalue weighted by atomic mass is 16.5. The average molecular weight is 298 g/mol. The third-order valence-corrected chi connectivity index (χ3v) is 3.32. The molecule has 0 spiro atoms. The molecule has 0 fully saturated rings. The quantitative estimate of drug-likeness (QED) is 0.767. The van der Waals surface area contributed by atoms with Crippen LogP contribution in [0.5, 0.6) is 0 Å². The summed E-state index contributed by atoms with van der Waals surface area (Å²) < 4.78 is 5.19. The first-order chi connectivity index (χ1) is 10.7. The Balaban J connectivity index is 1.74. The molecule has 7 heteroatoms. The Bertz CT molecular complexity index is 785. The fourth-order valence-corrected chi connectivity index (χ4v) is 2.25. The molecule has 114 valence electrons. The van der Waals surface area contributed by atoms with Crippen LogP contribution in [0.4, 0.5) is 5.82 Å². The van der Waals surface area contributed by atoms with Gasteiger partial charge in [0.15, 0.2) is 5.82 Å². The van der Waals surface area contributed by atoms with E-state index in [2.05, 4.69) is 20.1 Å². The summed E-state index contributed by atoms with van der Waals surface area (Å²) in [5, 5.41) is 4.76. The highest BCUT2D eigenvalue weighted by Gasteiger charge is 2.11. The predicted octanol–water partition coefficient (Wildman–Crippen LogP) is 1.79. The van der Waals surface area contributed by atoms with Gasteiger partial charge in [-0.2, -0.15) is 4.98 Å². The summed E-state index contributed by atoms with van der Waals surface area (Å²) in [6.07, 6.45) is 0.761. The molecule has 0 bridgehead atoms. The highest BCUT2D eigenvalue weighted by Crippen LogP contribution is 2.17. The fourth-order valence-electron chi connectivity index (χ4n) is 2.25. The van der Waals surface area contributed by atoms with E-state index in [9.17, 15) is 0 Å². The van der Waals surface area contributed by atoms with Gasteiger partial charge in [0.05, 0.1) is 18.6 Å². The molecule has 3 rings (SSSR count). The Labute approximate surface area is 128 Å². The molecule has 0 saturated carbocycles. The van der Waals surface area contributed by atoms with E-state index in [1.54, 1.807) is 0 Å². The SMILES string of the molecule is CCc1noc(CN(C)Cc2nc(N)c3ccccc3n2)n1. The molecule has 0 amide bonds. The lowest BCUT2D eigenvalue weighted by Crippen LogP contribution is -2.19. The maximum Gasteiger partial charge on any atom is 0.240 e. The van der Waals surface area contributed by atoms with Crippen molar-refractivity contribution in [2.45, 2.75) is 26.4 Å². The average Bonchev–Trinajstić information content (AvgIpc) is 2.94. The molecule has 0 saturated heterocycles. The predicted molar refractivity (Wildman–Crippen MR) is 82.8 cm³/mol. The van der Waals surface area contributed by atoms with Gasteiger partial charge in [-0.25, -0.2) is 9.97 Å². The molecular weight excluding hydrogens is 280 g/mol. The van der Waals surface area contributed by atoms with Crippen LogP contribution in [0.2, 0.25) is 0 Å². The number of aryl methyl sites for hydroxylation is 1. The van der Waals surface area contributed by atoms with Gasteiger partial charge in [0.25, 0.3) is 0 Å². The maximum absolute atomic E-state index is 6.00. The van der Waals surface area contributed by atoms with E-state index in [0.29, 0.717) is 30.6 Å². The maximum atomic E-state index is 6.00. The van der Waals surface area contributed by atoms with E-state index in [1.165, 1.54) is 0 Å². The summed E-state index contributed by atoms with van der Waals surface area (Å²) in [7, 11) is 1.95. The van der Waals surface area contributed by atoms with Crippen molar-refractivity contribution in [3.8, 4) is 0 Å². The van der Waals surface area contributed by atoms with Crippen LogP contribution in [-0.2, 0) is 19.5 Å². The summed E-state index contributed by atoms with van der Waals surface area (Å²) in [4.78, 5) is 15.2. The van der Waals surface area contributed by atoms with Crippen molar-refractivity contribution < 1.29 is 4.52 Å². The van der Waals surface area contributed by atoms with Gasteiger partial charge in [-0.1, -0.05) is 24.2 Å². The number of benzene rings is 1. The number of aromatic nitrogens is 4. The number of para-hydroxylation sites is 1. The largest absolute Gasteiger partial charge is 0.383 e. The van der Waals surface area contributed by atoms with Gasteiger partial charge in [0.2, 0.25) is 5.89 Å². The van der Waals surface area contributed by atoms with Crippen LogP contribution in [0.1, 0.15) is 24.5 Å². The Hall–Kier alpha value is -2.54. The smallest absolute Gasteiger partial charge is 0.240 e. The molecule has 3 aromatic rings. The molecule has 0 atom stereocenters. The van der Waals surface area contributed by atoms with Gasteiger partial charge in [0, 0.05) is 11.8 Å². The van der Waals surface area contributed by atoms with E-state index < -0.39 is 0 Å². The number of fused-ring (bicyclic) bond motifs is 1. The van der Waals surface area contributed by atoms with Crippen LogP contribution in [0.3, 0.4) is 0 Å².